The number of nitrogen functional groups attached to an aromatic ring is 1. The number of ketones is 2. The van der Waals surface area contributed by atoms with Crippen LogP contribution in [0.25, 0.3) is 10.8 Å². The fourth-order valence-corrected chi connectivity index (χ4v) is 13.3. The summed E-state index contributed by atoms with van der Waals surface area (Å²) in [6.07, 6.45) is 11.0. The molecular weight excluding hydrogens is 827 g/mol. The van der Waals surface area contributed by atoms with E-state index in [1.807, 2.05) is 18.2 Å². The van der Waals surface area contributed by atoms with Crippen LogP contribution >= 0.6 is 0 Å². The highest BCUT2D eigenvalue weighted by atomic mass is 16.5. The molecule has 1 spiro atoms. The fraction of sp³-hybridized carbons (Fsp3) is 0.554. The van der Waals surface area contributed by atoms with Crippen LogP contribution in [0.5, 0.6) is 11.5 Å². The molecule has 0 unspecified atom stereocenters. The third-order valence-electron chi connectivity index (χ3n) is 17.0. The van der Waals surface area contributed by atoms with Gasteiger partial charge in [-0.05, 0) is 164 Å². The van der Waals surface area contributed by atoms with Gasteiger partial charge in [-0.2, -0.15) is 0 Å². The number of benzene rings is 3. The summed E-state index contributed by atoms with van der Waals surface area (Å²) in [7, 11) is 1.49. The van der Waals surface area contributed by atoms with Gasteiger partial charge in [0.05, 0.1) is 25.4 Å². The molecule has 0 radical (unpaired) electrons. The van der Waals surface area contributed by atoms with Crippen LogP contribution in [0.3, 0.4) is 0 Å². The number of carbonyl (C=O) groups is 2. The Labute approximate surface area is 390 Å². The van der Waals surface area contributed by atoms with Crippen LogP contribution in [-0.2, 0) is 22.4 Å². The maximum Gasteiger partial charge on any atom is 0.160 e. The number of aromatic hydroxyl groups is 1. The van der Waals surface area contributed by atoms with E-state index in [1.165, 1.54) is 39.2 Å². The molecule has 5 aliphatic rings. The third-order valence-corrected chi connectivity index (χ3v) is 17.0. The van der Waals surface area contributed by atoms with Crippen molar-refractivity contribution in [1.29, 1.82) is 0 Å². The second-order valence-electron chi connectivity index (χ2n) is 20.8. The number of aryl methyl sites for hydroxylation is 2. The normalized spacial score (nSPS) is 28.8. The minimum absolute atomic E-state index is 0.0352. The van der Waals surface area contributed by atoms with Gasteiger partial charge in [0, 0.05) is 43.3 Å². The summed E-state index contributed by atoms with van der Waals surface area (Å²) in [4.78, 5) is 31.2. The van der Waals surface area contributed by atoms with Gasteiger partial charge in [-0.15, -0.1) is 0 Å². The summed E-state index contributed by atoms with van der Waals surface area (Å²) in [6, 6.07) is 20.0. The zero-order chi connectivity index (χ0) is 46.2. The predicted molar refractivity (Wildman–Crippen MR) is 257 cm³/mol. The molecule has 7 N–H and O–H groups in total. The highest BCUT2D eigenvalue weighted by Gasteiger charge is 2.51. The van der Waals surface area contributed by atoms with Crippen LogP contribution in [0.2, 0.25) is 0 Å². The Balaban J connectivity index is 0.981. The smallest absolute Gasteiger partial charge is 0.160 e. The number of phenols is 1. The Morgan fingerprint density at radius 2 is 1.76 bits per heavy atom. The number of nitrogens with zero attached hydrogens (tertiary/aromatic N) is 1. The molecule has 4 aliphatic carbocycles. The minimum Gasteiger partial charge on any atom is -0.504 e. The minimum atomic E-state index is -1.26. The second-order valence-corrected chi connectivity index (χ2v) is 20.8. The number of fused-ring (bicyclic) bond motifs is 3. The molecule has 9 rings (SSSR count). The van der Waals surface area contributed by atoms with Crippen molar-refractivity contribution in [3.05, 3.63) is 94.7 Å². The van der Waals surface area contributed by atoms with Gasteiger partial charge in [0.1, 0.15) is 17.0 Å². The first-order valence-electron chi connectivity index (χ1n) is 24.9. The molecular formula is C56H69N3O7. The average Bonchev–Trinajstić information content (AvgIpc) is 3.82. The molecule has 0 amide bonds. The fourth-order valence-electron chi connectivity index (χ4n) is 13.3. The van der Waals surface area contributed by atoms with Crippen molar-refractivity contribution in [2.24, 2.45) is 28.6 Å². The van der Waals surface area contributed by atoms with Gasteiger partial charge in [-0.25, -0.2) is 4.98 Å². The molecule has 0 bridgehead atoms. The molecule has 1 saturated heterocycles. The van der Waals surface area contributed by atoms with Gasteiger partial charge >= 0.3 is 0 Å². The number of nitrogens with two attached hydrogens (primary N) is 1. The predicted octanol–water partition coefficient (Wildman–Crippen LogP) is 8.48. The SMILES string of the molecule is CCc1cnc(N)cc1[C@H](C[C@H](O)[C@H](O)C[C@H]1C#C[C@]2(CC[C@H](CC3([C@@H]4CN[C@@H]5CC(=O)CC[C@@H]5C4)CCCC3)C[C@H]2O)C(=O)CCc2cc(OC)c(O)cc21)c1ccc2ccccc2c1. The topological polar surface area (TPSA) is 175 Å². The van der Waals surface area contributed by atoms with E-state index in [0.717, 1.165) is 58.8 Å². The number of pyridine rings is 1. The van der Waals surface area contributed by atoms with Crippen molar-refractivity contribution >= 4 is 28.2 Å². The molecule has 4 aromatic rings. The van der Waals surface area contributed by atoms with Crippen LogP contribution in [-0.4, -0.2) is 75.0 Å². The van der Waals surface area contributed by atoms with Gasteiger partial charge in [0.25, 0.3) is 0 Å². The Morgan fingerprint density at radius 3 is 2.53 bits per heavy atom. The van der Waals surface area contributed by atoms with E-state index in [-0.39, 0.29) is 53.8 Å². The monoisotopic (exact) mass is 896 g/mol. The van der Waals surface area contributed by atoms with Crippen LogP contribution in [0.4, 0.5) is 5.82 Å². The number of hydrogen-bond acceptors (Lipinski definition) is 10. The number of hydrogen-bond donors (Lipinski definition) is 6. The number of aliphatic hydroxyl groups excluding tert-OH is 3. The summed E-state index contributed by atoms with van der Waals surface area (Å²) in [5.74, 6) is 8.09. The third kappa shape index (κ3) is 9.26. The largest absolute Gasteiger partial charge is 0.504 e. The van der Waals surface area contributed by atoms with Crippen molar-refractivity contribution in [2.75, 3.05) is 19.4 Å². The number of aromatic nitrogens is 1. The van der Waals surface area contributed by atoms with Gasteiger partial charge in [-0.1, -0.05) is 74.1 Å². The first-order chi connectivity index (χ1) is 31.9. The summed E-state index contributed by atoms with van der Waals surface area (Å²) >= 11 is 0. The van der Waals surface area contributed by atoms with Crippen LogP contribution in [0.1, 0.15) is 143 Å². The van der Waals surface area contributed by atoms with Gasteiger partial charge in [0.15, 0.2) is 17.3 Å². The van der Waals surface area contributed by atoms with Crippen molar-refractivity contribution < 1.29 is 34.8 Å². The summed E-state index contributed by atoms with van der Waals surface area (Å²) in [5.41, 5.74) is 9.62. The van der Waals surface area contributed by atoms with Gasteiger partial charge < -0.3 is 36.2 Å². The number of anilines is 1. The quantitative estimate of drug-likeness (QED) is 0.0757. The van der Waals surface area contributed by atoms with Crippen LogP contribution in [0, 0.1) is 40.4 Å². The molecule has 1 aliphatic heterocycles. The highest BCUT2D eigenvalue weighted by Crippen LogP contribution is 2.55. The molecule has 350 valence electrons. The molecule has 10 atom stereocenters. The number of phenolic OH excluding ortho intramolecular Hbond substituents is 1. The summed E-state index contributed by atoms with van der Waals surface area (Å²) in [5, 5.41) is 53.6. The van der Waals surface area contributed by atoms with Gasteiger partial charge in [0.2, 0.25) is 0 Å². The van der Waals surface area contributed by atoms with E-state index in [2.05, 4.69) is 59.4 Å². The average molecular weight is 896 g/mol. The van der Waals surface area contributed by atoms with Crippen molar-refractivity contribution in [3.63, 3.8) is 0 Å². The first kappa shape index (κ1) is 46.3. The van der Waals surface area contributed by atoms with Crippen molar-refractivity contribution in [3.8, 4) is 23.3 Å². The molecule has 1 aromatic heterocycles. The standard InChI is InChI=1S/C56H69N3O7/c1-3-35-32-59-54(57)30-46(35)45(38-11-10-36-8-4-5-9-37(36)23-38)29-49(62)48(61)25-40-17-21-56(52(64)15-13-39-26-51(66-2)50(63)28-44(39)40)20-16-34(22-53(56)65)31-55(18-6-7-19-55)42-24-41-12-14-43(60)27-47(41)58-33-42/h4-5,8-11,23,26,28,30,32,34,40-42,45,47-49,53,58,61-63,65H,3,6-7,12-16,18-20,22,24-25,27,29,31,33H2,1-2H3,(H2,57,59)/t34-,40+,41+,42-,45+,47+,48+,49-,53+,56+/m0/s1. The lowest BCUT2D eigenvalue weighted by atomic mass is 9.58. The molecule has 66 heavy (non-hydrogen) atoms. The number of piperidine rings is 1. The van der Waals surface area contributed by atoms with E-state index in [9.17, 15) is 30.0 Å². The highest BCUT2D eigenvalue weighted by molar-refractivity contribution is 5.89. The molecule has 3 saturated carbocycles. The molecule has 10 nitrogen and oxygen atoms in total. The number of ether oxygens (including phenoxy) is 1. The Hall–Kier alpha value is -4.79. The Morgan fingerprint density at radius 1 is 0.955 bits per heavy atom. The van der Waals surface area contributed by atoms with Gasteiger partial charge in [-0.3, -0.25) is 9.59 Å². The van der Waals surface area contributed by atoms with Crippen molar-refractivity contribution in [1.82, 2.24) is 10.3 Å². The van der Waals surface area contributed by atoms with Crippen LogP contribution in [0.15, 0.2) is 66.9 Å². The number of aliphatic hydroxyl groups is 3. The lowest BCUT2D eigenvalue weighted by molar-refractivity contribution is -0.135. The second kappa shape index (κ2) is 19.4. The number of methoxy groups -OCH3 is 1. The number of carbonyl (C=O) groups excluding carboxylic acids is 2. The number of rotatable bonds is 12. The maximum absolute atomic E-state index is 14.6. The number of Topliss-reactive ketones (excluding diaryl/α,β-unsaturated/α-hetero) is 2. The zero-order valence-corrected chi connectivity index (χ0v) is 38.8. The lowest BCUT2D eigenvalue weighted by Gasteiger charge is -2.49. The molecule has 3 aromatic carbocycles. The number of nitrogens with one attached hydrogen (secondary N) is 1. The van der Waals surface area contributed by atoms with E-state index in [1.54, 1.807) is 18.3 Å². The summed E-state index contributed by atoms with van der Waals surface area (Å²) in [6.45, 7) is 3.01. The first-order valence-corrected chi connectivity index (χ1v) is 24.9. The summed E-state index contributed by atoms with van der Waals surface area (Å²) < 4.78 is 5.52. The Bertz CT molecular complexity index is 2490. The molecule has 10 heteroatoms. The van der Waals surface area contributed by atoms with E-state index < -0.39 is 29.6 Å². The molecule has 4 fully saturated rings. The molecule has 2 heterocycles. The Kier molecular flexibility index (Phi) is 13.6. The van der Waals surface area contributed by atoms with E-state index in [4.69, 9.17) is 10.5 Å². The van der Waals surface area contributed by atoms with Crippen LogP contribution < -0.4 is 15.8 Å². The van der Waals surface area contributed by atoms with E-state index in [0.29, 0.717) is 73.6 Å². The zero-order valence-electron chi connectivity index (χ0n) is 38.8. The lowest BCUT2D eigenvalue weighted by Crippen LogP contribution is -2.53. The van der Waals surface area contributed by atoms with Crippen molar-refractivity contribution in [2.45, 2.75) is 152 Å². The van der Waals surface area contributed by atoms with E-state index >= 15 is 0 Å². The maximum atomic E-state index is 14.6.